The number of nitriles is 1. The number of hydrogen-bond acceptors (Lipinski definition) is 9. The Bertz CT molecular complexity index is 2340. The number of carbonyl (C=O) groups is 4. The highest BCUT2D eigenvalue weighted by molar-refractivity contribution is 6.23. The predicted octanol–water partition coefficient (Wildman–Crippen LogP) is 7.95. The van der Waals surface area contributed by atoms with Gasteiger partial charge in [0.2, 0.25) is 11.8 Å². The number of aryl methyl sites for hydroxylation is 3. The first-order valence-electron chi connectivity index (χ1n) is 21.3. The van der Waals surface area contributed by atoms with E-state index in [-0.39, 0.29) is 24.2 Å². The molecule has 4 aromatic rings. The van der Waals surface area contributed by atoms with Crippen LogP contribution in [0.4, 0.5) is 17.1 Å². The van der Waals surface area contributed by atoms with Crippen molar-refractivity contribution in [2.75, 3.05) is 42.5 Å². The van der Waals surface area contributed by atoms with E-state index in [0.29, 0.717) is 17.0 Å². The van der Waals surface area contributed by atoms with Crippen LogP contribution in [0.15, 0.2) is 65.1 Å². The van der Waals surface area contributed by atoms with Crippen LogP contribution in [0.25, 0.3) is 11.1 Å². The molecule has 3 aliphatic heterocycles. The van der Waals surface area contributed by atoms with Gasteiger partial charge in [0.05, 0.1) is 22.6 Å². The van der Waals surface area contributed by atoms with Gasteiger partial charge in [0.25, 0.3) is 11.8 Å². The zero-order valence-corrected chi connectivity index (χ0v) is 34.7. The predicted molar refractivity (Wildman–Crippen MR) is 228 cm³/mol. The van der Waals surface area contributed by atoms with E-state index in [1.54, 1.807) is 12.1 Å². The van der Waals surface area contributed by atoms with Gasteiger partial charge in [-0.15, -0.1) is 0 Å². The van der Waals surface area contributed by atoms with Gasteiger partial charge in [-0.05, 0) is 150 Å². The van der Waals surface area contributed by atoms with Gasteiger partial charge >= 0.3 is 0 Å². The van der Waals surface area contributed by atoms with Crippen LogP contribution < -0.4 is 20.4 Å². The molecule has 306 valence electrons. The van der Waals surface area contributed by atoms with Crippen molar-refractivity contribution in [1.82, 2.24) is 15.5 Å². The molecule has 1 saturated carbocycles. The smallest absolute Gasteiger partial charge is 0.262 e. The highest BCUT2D eigenvalue weighted by Gasteiger charge is 2.46. The molecule has 0 spiro atoms. The largest absolute Gasteiger partial charge is 0.466 e. The highest BCUT2D eigenvalue weighted by atomic mass is 16.3. The zero-order chi connectivity index (χ0) is 41.4. The molecular formula is C48H54N6O5. The minimum Gasteiger partial charge on any atom is -0.466 e. The fourth-order valence-corrected chi connectivity index (χ4v) is 9.34. The minimum atomic E-state index is -0.986. The Morgan fingerprint density at radius 1 is 0.831 bits per heavy atom. The first-order valence-corrected chi connectivity index (χ1v) is 21.3. The van der Waals surface area contributed by atoms with Gasteiger partial charge in [0.1, 0.15) is 17.6 Å². The lowest BCUT2D eigenvalue weighted by Crippen LogP contribution is -2.54. The Morgan fingerprint density at radius 3 is 2.31 bits per heavy atom. The second-order valence-electron chi connectivity index (χ2n) is 17.0. The third-order valence-electron chi connectivity index (χ3n) is 13.1. The number of furan rings is 1. The van der Waals surface area contributed by atoms with Gasteiger partial charge in [-0.1, -0.05) is 30.7 Å². The second-order valence-corrected chi connectivity index (χ2v) is 17.0. The summed E-state index contributed by atoms with van der Waals surface area (Å²) in [6.07, 6.45) is 7.03. The molecule has 2 unspecified atom stereocenters. The van der Waals surface area contributed by atoms with Gasteiger partial charge < -0.3 is 19.5 Å². The fourth-order valence-electron chi connectivity index (χ4n) is 9.34. The summed E-state index contributed by atoms with van der Waals surface area (Å²) in [4.78, 5) is 57.2. The molecule has 0 radical (unpaired) electrons. The van der Waals surface area contributed by atoms with Crippen LogP contribution in [0, 0.1) is 44.9 Å². The zero-order valence-electron chi connectivity index (χ0n) is 34.7. The number of imide groups is 2. The summed E-state index contributed by atoms with van der Waals surface area (Å²) in [6.45, 7) is 12.6. The third-order valence-corrected chi connectivity index (χ3v) is 13.1. The summed E-state index contributed by atoms with van der Waals surface area (Å²) in [7, 11) is 0. The van der Waals surface area contributed by atoms with Crippen molar-refractivity contribution in [3.63, 3.8) is 0 Å². The van der Waals surface area contributed by atoms with E-state index >= 15 is 0 Å². The van der Waals surface area contributed by atoms with Crippen molar-refractivity contribution in [3.8, 4) is 17.2 Å². The molecule has 3 aromatic carbocycles. The standard InChI is InChI=1S/C48H54N6O5/c1-30-9-10-35(44-31(2)32(3)59-33(44)4)26-42(30)53(37-13-11-36(12-14-37)48(29-49)20-21-48)28-34-8-5-6-24-52(25-7-22-50-23-19-34)38-15-16-39-40(27-38)47(58)54(46(39)57)41-17-18-43(55)51-45(41)56/h9-16,26-27,34,41,50H,5-8,17-25,28H2,1-4H3,(H,51,55,56). The van der Waals surface area contributed by atoms with E-state index in [2.05, 4.69) is 82.8 Å². The lowest BCUT2D eigenvalue weighted by molar-refractivity contribution is -0.136. The monoisotopic (exact) mass is 794 g/mol. The van der Waals surface area contributed by atoms with E-state index in [4.69, 9.17) is 4.42 Å². The topological polar surface area (TPSA) is 139 Å². The van der Waals surface area contributed by atoms with Crippen LogP contribution in [-0.2, 0) is 15.0 Å². The number of nitrogens with zero attached hydrogens (tertiary/aromatic N) is 4. The maximum Gasteiger partial charge on any atom is 0.262 e. The molecule has 1 aliphatic carbocycles. The Balaban J connectivity index is 1.01. The minimum absolute atomic E-state index is 0.0882. The fraction of sp³-hybridized carbons (Fsp3) is 0.438. The normalized spacial score (nSPS) is 21.0. The average Bonchev–Trinajstić information content (AvgIpc) is 3.93. The Morgan fingerprint density at radius 2 is 1.59 bits per heavy atom. The summed E-state index contributed by atoms with van der Waals surface area (Å²) < 4.78 is 6.06. The Labute approximate surface area is 346 Å². The second kappa shape index (κ2) is 16.5. The molecule has 1 aromatic heterocycles. The maximum atomic E-state index is 13.6. The number of amides is 4. The molecule has 11 heteroatoms. The lowest BCUT2D eigenvalue weighted by atomic mass is 9.94. The van der Waals surface area contributed by atoms with E-state index in [1.807, 2.05) is 19.9 Å². The number of anilines is 3. The van der Waals surface area contributed by atoms with Crippen molar-refractivity contribution in [2.45, 2.75) is 96.9 Å². The van der Waals surface area contributed by atoms with Crippen LogP contribution in [0.2, 0.25) is 0 Å². The molecular weight excluding hydrogens is 741 g/mol. The molecule has 4 aliphatic rings. The molecule has 59 heavy (non-hydrogen) atoms. The molecule has 4 heterocycles. The summed E-state index contributed by atoms with van der Waals surface area (Å²) in [5.74, 6) is 0.290. The molecule has 0 bridgehead atoms. The van der Waals surface area contributed by atoms with E-state index in [1.165, 1.54) is 11.3 Å². The van der Waals surface area contributed by atoms with Crippen LogP contribution in [0.3, 0.4) is 0 Å². The number of nitrogens with one attached hydrogen (secondary N) is 2. The van der Waals surface area contributed by atoms with E-state index in [9.17, 15) is 24.4 Å². The van der Waals surface area contributed by atoms with Crippen LogP contribution in [-0.4, -0.2) is 67.3 Å². The lowest BCUT2D eigenvalue weighted by Gasteiger charge is -2.32. The number of hydrogen-bond donors (Lipinski definition) is 2. The number of carbonyl (C=O) groups excluding carboxylic acids is 4. The van der Waals surface area contributed by atoms with Crippen molar-refractivity contribution < 1.29 is 23.6 Å². The Kier molecular flexibility index (Phi) is 11.2. The van der Waals surface area contributed by atoms with Crippen LogP contribution in [0.1, 0.15) is 107 Å². The Hall–Kier alpha value is -5.73. The van der Waals surface area contributed by atoms with Crippen LogP contribution >= 0.6 is 0 Å². The third kappa shape index (κ3) is 7.90. The summed E-state index contributed by atoms with van der Waals surface area (Å²) >= 11 is 0. The average molecular weight is 795 g/mol. The SMILES string of the molecule is Cc1ccc(-c2c(C)oc(C)c2C)cc1N(CC1CCCCN(c2ccc3c(c2)C(=O)N(C2CCC(=O)NC2=O)C3=O)CCCNCC1)c1ccc(C2(C#N)CC2)cc1. The van der Waals surface area contributed by atoms with Crippen molar-refractivity contribution in [2.24, 2.45) is 5.92 Å². The quantitative estimate of drug-likeness (QED) is 0.170. The van der Waals surface area contributed by atoms with Gasteiger partial charge in [-0.3, -0.25) is 29.4 Å². The molecule has 4 amide bonds. The van der Waals surface area contributed by atoms with Gasteiger partial charge in [-0.25, -0.2) is 0 Å². The first kappa shape index (κ1) is 40.1. The molecule has 11 nitrogen and oxygen atoms in total. The number of piperidine rings is 1. The highest BCUT2D eigenvalue weighted by Crippen LogP contribution is 2.48. The molecule has 2 saturated heterocycles. The number of rotatable bonds is 8. The maximum absolute atomic E-state index is 13.6. The van der Waals surface area contributed by atoms with Crippen LogP contribution in [0.5, 0.6) is 0 Å². The van der Waals surface area contributed by atoms with Gasteiger partial charge in [-0.2, -0.15) is 5.26 Å². The number of fused-ring (bicyclic) bond motifs is 1. The molecule has 8 rings (SSSR count). The van der Waals surface area contributed by atoms with Crippen molar-refractivity contribution in [3.05, 3.63) is 100 Å². The van der Waals surface area contributed by atoms with E-state index in [0.717, 1.165) is 128 Å². The molecule has 2 atom stereocenters. The molecule has 3 fully saturated rings. The molecule has 2 N–H and O–H groups in total. The summed E-state index contributed by atoms with van der Waals surface area (Å²) in [5.41, 5.74) is 9.17. The summed E-state index contributed by atoms with van der Waals surface area (Å²) in [5, 5.41) is 15.9. The first-order chi connectivity index (χ1) is 28.5. The number of benzene rings is 3. The van der Waals surface area contributed by atoms with Crippen molar-refractivity contribution in [1.29, 1.82) is 5.26 Å². The van der Waals surface area contributed by atoms with Crippen molar-refractivity contribution >= 4 is 40.7 Å². The van der Waals surface area contributed by atoms with Gasteiger partial charge in [0, 0.05) is 48.7 Å². The van der Waals surface area contributed by atoms with Gasteiger partial charge in [0.15, 0.2) is 0 Å². The summed E-state index contributed by atoms with van der Waals surface area (Å²) in [6, 6.07) is 22.4. The van der Waals surface area contributed by atoms with E-state index < -0.39 is 23.8 Å².